The number of anilines is 1. The lowest BCUT2D eigenvalue weighted by Gasteiger charge is -2.32. The molecule has 0 aliphatic carbocycles. The fraction of sp³-hybridized carbons (Fsp3) is 0.611. The van der Waals surface area contributed by atoms with Gasteiger partial charge in [-0.1, -0.05) is 12.5 Å². The molecule has 3 rings (SSSR count). The highest BCUT2D eigenvalue weighted by Crippen LogP contribution is 2.23. The molecule has 1 N–H and O–H groups in total. The van der Waals surface area contributed by atoms with Crippen LogP contribution in [0.25, 0.3) is 0 Å². The zero-order chi connectivity index (χ0) is 17.9. The van der Waals surface area contributed by atoms with Crippen molar-refractivity contribution < 1.29 is 13.2 Å². The van der Waals surface area contributed by atoms with Gasteiger partial charge >= 0.3 is 0 Å². The summed E-state index contributed by atoms with van der Waals surface area (Å²) in [7, 11) is -3.46. The van der Waals surface area contributed by atoms with E-state index in [0.29, 0.717) is 31.4 Å². The molecule has 2 fully saturated rings. The van der Waals surface area contributed by atoms with Gasteiger partial charge in [-0.15, -0.1) is 0 Å². The van der Waals surface area contributed by atoms with Crippen LogP contribution in [0, 0.1) is 0 Å². The number of carbonyl (C=O) groups excluding carboxylic acids is 1. The Labute approximate surface area is 150 Å². The first kappa shape index (κ1) is 18.4. The van der Waals surface area contributed by atoms with Gasteiger partial charge < -0.3 is 5.32 Å². The summed E-state index contributed by atoms with van der Waals surface area (Å²) in [6.07, 6.45) is 5.28. The number of sulfonamides is 1. The Balaban J connectivity index is 1.66. The van der Waals surface area contributed by atoms with Crippen LogP contribution in [0.3, 0.4) is 0 Å². The molecule has 0 spiro atoms. The number of nitrogens with one attached hydrogen (secondary N) is 1. The molecule has 2 heterocycles. The Kier molecular flexibility index (Phi) is 5.76. The zero-order valence-electron chi connectivity index (χ0n) is 14.8. The average Bonchev–Trinajstić information content (AvgIpc) is 3.12. The molecule has 1 aromatic carbocycles. The lowest BCUT2D eigenvalue weighted by Crippen LogP contribution is -2.42. The summed E-state index contributed by atoms with van der Waals surface area (Å²) in [6.45, 7) is 4.59. The summed E-state index contributed by atoms with van der Waals surface area (Å²) >= 11 is 0. The number of benzene rings is 1. The Morgan fingerprint density at radius 2 is 1.88 bits per heavy atom. The number of rotatable bonds is 5. The molecule has 1 amide bonds. The van der Waals surface area contributed by atoms with E-state index in [-0.39, 0.29) is 10.8 Å². The van der Waals surface area contributed by atoms with Gasteiger partial charge in [0.25, 0.3) is 0 Å². The van der Waals surface area contributed by atoms with Crippen LogP contribution in [-0.2, 0) is 14.8 Å². The van der Waals surface area contributed by atoms with E-state index in [2.05, 4.69) is 17.1 Å². The number of amides is 1. The number of hydrogen-bond acceptors (Lipinski definition) is 4. The van der Waals surface area contributed by atoms with Crippen molar-refractivity contribution in [2.75, 3.05) is 31.5 Å². The van der Waals surface area contributed by atoms with Gasteiger partial charge in [0.15, 0.2) is 0 Å². The molecule has 0 bridgehead atoms. The van der Waals surface area contributed by atoms with E-state index in [0.717, 1.165) is 32.2 Å². The standard InChI is InChI=1S/C18H27N3O3S/c1-15-7-2-3-10-20(15)14-18(22)19-16-8-6-9-17(13-16)25(23,24)21-11-4-5-12-21/h6,8-9,13,15H,2-5,7,10-12,14H2,1H3,(H,19,22). The van der Waals surface area contributed by atoms with Crippen LogP contribution in [0.2, 0.25) is 0 Å². The third kappa shape index (κ3) is 4.40. The Morgan fingerprint density at radius 3 is 2.60 bits per heavy atom. The average molecular weight is 365 g/mol. The quantitative estimate of drug-likeness (QED) is 0.869. The van der Waals surface area contributed by atoms with E-state index < -0.39 is 10.0 Å². The highest BCUT2D eigenvalue weighted by atomic mass is 32.2. The van der Waals surface area contributed by atoms with Crippen molar-refractivity contribution in [1.82, 2.24) is 9.21 Å². The second kappa shape index (κ2) is 7.85. The first-order valence-corrected chi connectivity index (χ1v) is 10.5. The normalized spacial score (nSPS) is 22.8. The molecular weight excluding hydrogens is 338 g/mol. The van der Waals surface area contributed by atoms with Gasteiger partial charge in [-0.2, -0.15) is 4.31 Å². The van der Waals surface area contributed by atoms with Crippen LogP contribution >= 0.6 is 0 Å². The largest absolute Gasteiger partial charge is 0.325 e. The molecule has 0 radical (unpaired) electrons. The number of hydrogen-bond donors (Lipinski definition) is 1. The van der Waals surface area contributed by atoms with Gasteiger partial charge in [-0.3, -0.25) is 9.69 Å². The van der Waals surface area contributed by atoms with E-state index in [1.807, 2.05) is 0 Å². The van der Waals surface area contributed by atoms with E-state index in [1.165, 1.54) is 10.7 Å². The summed E-state index contributed by atoms with van der Waals surface area (Å²) in [5, 5.41) is 2.85. The summed E-state index contributed by atoms with van der Waals surface area (Å²) in [5.74, 6) is -0.0931. The second-order valence-corrected chi connectivity index (χ2v) is 8.94. The predicted octanol–water partition coefficient (Wildman–Crippen LogP) is 2.28. The molecule has 2 saturated heterocycles. The second-order valence-electron chi connectivity index (χ2n) is 7.00. The first-order valence-electron chi connectivity index (χ1n) is 9.11. The van der Waals surface area contributed by atoms with Crippen molar-refractivity contribution in [3.63, 3.8) is 0 Å². The minimum absolute atomic E-state index is 0.0931. The van der Waals surface area contributed by atoms with Gasteiger partial charge in [-0.05, 0) is 57.4 Å². The van der Waals surface area contributed by atoms with Crippen LogP contribution in [0.15, 0.2) is 29.2 Å². The SMILES string of the molecule is CC1CCCCN1CC(=O)Nc1cccc(S(=O)(=O)N2CCCC2)c1. The van der Waals surface area contributed by atoms with Crippen molar-refractivity contribution in [1.29, 1.82) is 0 Å². The predicted molar refractivity (Wildman–Crippen MR) is 98.0 cm³/mol. The maximum atomic E-state index is 12.6. The van der Waals surface area contributed by atoms with Crippen molar-refractivity contribution >= 4 is 21.6 Å². The molecule has 7 heteroatoms. The van der Waals surface area contributed by atoms with E-state index in [1.54, 1.807) is 24.3 Å². The van der Waals surface area contributed by atoms with Gasteiger partial charge in [0.1, 0.15) is 0 Å². The molecule has 2 aliphatic heterocycles. The van der Waals surface area contributed by atoms with Crippen molar-refractivity contribution in [3.05, 3.63) is 24.3 Å². The maximum Gasteiger partial charge on any atom is 0.243 e. The van der Waals surface area contributed by atoms with Gasteiger partial charge in [-0.25, -0.2) is 8.42 Å². The van der Waals surface area contributed by atoms with Crippen LogP contribution in [0.1, 0.15) is 39.0 Å². The van der Waals surface area contributed by atoms with Crippen molar-refractivity contribution in [2.45, 2.75) is 50.0 Å². The molecular formula is C18H27N3O3S. The van der Waals surface area contributed by atoms with E-state index in [4.69, 9.17) is 0 Å². The molecule has 25 heavy (non-hydrogen) atoms. The zero-order valence-corrected chi connectivity index (χ0v) is 15.6. The molecule has 0 aromatic heterocycles. The number of likely N-dealkylation sites (tertiary alicyclic amines) is 1. The lowest BCUT2D eigenvalue weighted by atomic mass is 10.0. The van der Waals surface area contributed by atoms with Crippen molar-refractivity contribution in [2.24, 2.45) is 0 Å². The van der Waals surface area contributed by atoms with E-state index in [9.17, 15) is 13.2 Å². The molecule has 1 unspecified atom stereocenters. The van der Waals surface area contributed by atoms with Crippen LogP contribution in [0.4, 0.5) is 5.69 Å². The van der Waals surface area contributed by atoms with Crippen LogP contribution < -0.4 is 5.32 Å². The third-order valence-electron chi connectivity index (χ3n) is 5.11. The number of carbonyl (C=O) groups is 1. The number of nitrogens with zero attached hydrogens (tertiary/aromatic N) is 2. The summed E-state index contributed by atoms with van der Waals surface area (Å²) in [6, 6.07) is 6.99. The molecule has 1 atom stereocenters. The topological polar surface area (TPSA) is 69.7 Å². The minimum atomic E-state index is -3.46. The molecule has 2 aliphatic rings. The highest BCUT2D eigenvalue weighted by molar-refractivity contribution is 7.89. The Bertz CT molecular complexity index is 714. The fourth-order valence-corrected chi connectivity index (χ4v) is 5.15. The Morgan fingerprint density at radius 1 is 1.16 bits per heavy atom. The van der Waals surface area contributed by atoms with Crippen LogP contribution in [-0.4, -0.2) is 55.8 Å². The minimum Gasteiger partial charge on any atom is -0.325 e. The number of piperidine rings is 1. The molecule has 6 nitrogen and oxygen atoms in total. The first-order chi connectivity index (χ1) is 12.0. The Hall–Kier alpha value is -1.44. The highest BCUT2D eigenvalue weighted by Gasteiger charge is 2.27. The van der Waals surface area contributed by atoms with Crippen LogP contribution in [0.5, 0.6) is 0 Å². The monoisotopic (exact) mass is 365 g/mol. The van der Waals surface area contributed by atoms with E-state index >= 15 is 0 Å². The summed E-state index contributed by atoms with van der Waals surface area (Å²) < 4.78 is 26.8. The fourth-order valence-electron chi connectivity index (χ4n) is 3.59. The third-order valence-corrected chi connectivity index (χ3v) is 7.00. The van der Waals surface area contributed by atoms with Gasteiger partial charge in [0.2, 0.25) is 15.9 Å². The van der Waals surface area contributed by atoms with Gasteiger partial charge in [0.05, 0.1) is 11.4 Å². The molecule has 0 saturated carbocycles. The maximum absolute atomic E-state index is 12.6. The molecule has 138 valence electrons. The smallest absolute Gasteiger partial charge is 0.243 e. The summed E-state index contributed by atoms with van der Waals surface area (Å²) in [5.41, 5.74) is 0.537. The van der Waals surface area contributed by atoms with Gasteiger partial charge in [0, 0.05) is 24.8 Å². The van der Waals surface area contributed by atoms with Crippen molar-refractivity contribution in [3.8, 4) is 0 Å². The lowest BCUT2D eigenvalue weighted by molar-refractivity contribution is -0.118. The molecule has 1 aromatic rings. The summed E-state index contributed by atoms with van der Waals surface area (Å²) in [4.78, 5) is 14.8.